The van der Waals surface area contributed by atoms with E-state index >= 15 is 4.39 Å². The molecule has 1 aromatic heterocycles. The molecule has 0 radical (unpaired) electrons. The molecule has 0 bridgehead atoms. The van der Waals surface area contributed by atoms with E-state index in [9.17, 15) is 37.8 Å². The number of carbonyl (C=O) groups is 3. The van der Waals surface area contributed by atoms with Crippen molar-refractivity contribution in [2.45, 2.75) is 62.6 Å². The summed E-state index contributed by atoms with van der Waals surface area (Å²) < 4.78 is 58.9. The van der Waals surface area contributed by atoms with E-state index in [1.165, 1.54) is 30.3 Å². The van der Waals surface area contributed by atoms with Crippen LogP contribution in [0.1, 0.15) is 69.6 Å². The Hall–Kier alpha value is -3.77. The third-order valence-electron chi connectivity index (χ3n) is 9.10. The number of likely N-dealkylation sites (tertiary alicyclic amines) is 1. The summed E-state index contributed by atoms with van der Waals surface area (Å²) >= 11 is 6.40. The Bertz CT molecular complexity index is 1680. The molecule has 2 aromatic carbocycles. The van der Waals surface area contributed by atoms with E-state index in [4.69, 9.17) is 11.6 Å². The van der Waals surface area contributed by atoms with Crippen LogP contribution in [0.5, 0.6) is 0 Å². The van der Waals surface area contributed by atoms with Crippen LogP contribution in [0, 0.1) is 11.7 Å². The number of piperidine rings is 1. The lowest BCUT2D eigenvalue weighted by molar-refractivity contribution is -0.160. The molecule has 1 aliphatic heterocycles. The molecule has 2 fully saturated rings. The van der Waals surface area contributed by atoms with Gasteiger partial charge in [0, 0.05) is 36.6 Å². The lowest BCUT2D eigenvalue weighted by Crippen LogP contribution is -2.44. The predicted octanol–water partition coefficient (Wildman–Crippen LogP) is 5.41. The highest BCUT2D eigenvalue weighted by Gasteiger charge is 2.65. The normalized spacial score (nSPS) is 19.9. The van der Waals surface area contributed by atoms with Crippen LogP contribution in [-0.2, 0) is 23.1 Å². The molecule has 1 saturated carbocycles. The molecule has 1 saturated heterocycles. The van der Waals surface area contributed by atoms with Gasteiger partial charge in [0.25, 0.3) is 5.91 Å². The highest BCUT2D eigenvalue weighted by molar-refractivity contribution is 6.34. The average Bonchev–Trinajstić information content (AvgIpc) is 3.73. The second-order valence-corrected chi connectivity index (χ2v) is 12.1. The third kappa shape index (κ3) is 5.07. The molecule has 0 spiro atoms. The molecule has 2 heterocycles. The molecule has 1 atom stereocenters. The summed E-state index contributed by atoms with van der Waals surface area (Å²) in [5.41, 5.74) is -2.48. The van der Waals surface area contributed by atoms with Crippen molar-refractivity contribution in [3.8, 4) is 11.3 Å². The molecular weight excluding hydrogens is 606 g/mol. The molecule has 1 unspecified atom stereocenters. The summed E-state index contributed by atoms with van der Waals surface area (Å²) in [6.45, 7) is 0.743. The van der Waals surface area contributed by atoms with Crippen molar-refractivity contribution in [3.63, 3.8) is 0 Å². The van der Waals surface area contributed by atoms with E-state index in [1.54, 1.807) is 4.90 Å². The molecule has 3 aromatic rings. The van der Waals surface area contributed by atoms with Crippen molar-refractivity contribution in [1.82, 2.24) is 14.7 Å². The number of carbonyl (C=O) groups excluding carboxylic acids is 2. The average molecular weight is 634 g/mol. The van der Waals surface area contributed by atoms with Crippen LogP contribution >= 0.6 is 11.6 Å². The Morgan fingerprint density at radius 1 is 1.05 bits per heavy atom. The van der Waals surface area contributed by atoms with Crippen LogP contribution in [0.4, 0.5) is 17.6 Å². The van der Waals surface area contributed by atoms with Gasteiger partial charge in [0.2, 0.25) is 5.91 Å². The smallest absolute Gasteiger partial charge is 0.398 e. The van der Waals surface area contributed by atoms with E-state index in [1.807, 2.05) is 0 Å². The number of aliphatic hydroxyl groups excluding tert-OH is 1. The van der Waals surface area contributed by atoms with E-state index in [0.717, 1.165) is 10.7 Å². The maximum absolute atomic E-state index is 15.3. The number of amides is 1. The highest BCUT2D eigenvalue weighted by atomic mass is 35.5. The number of fused-ring (bicyclic) bond motifs is 1. The van der Waals surface area contributed by atoms with E-state index in [0.29, 0.717) is 37.9 Å². The first kappa shape index (κ1) is 30.3. The Labute approximate surface area is 254 Å². The van der Waals surface area contributed by atoms with Gasteiger partial charge in [-0.2, -0.15) is 23.0 Å². The van der Waals surface area contributed by atoms with Crippen molar-refractivity contribution in [1.29, 1.82) is 0 Å². The number of hydrogen-bond acceptors (Lipinski definition) is 5. The number of nitrogens with zero attached hydrogens (tertiary/aromatic N) is 3. The topological polar surface area (TPSA) is 113 Å². The zero-order valence-corrected chi connectivity index (χ0v) is 24.1. The second kappa shape index (κ2) is 11.0. The third-order valence-corrected chi connectivity index (χ3v) is 9.41. The summed E-state index contributed by atoms with van der Waals surface area (Å²) in [6.07, 6.45) is -4.08. The monoisotopic (exact) mass is 633 g/mol. The first-order chi connectivity index (χ1) is 20.8. The van der Waals surface area contributed by atoms with Crippen LogP contribution in [0.3, 0.4) is 0 Å². The van der Waals surface area contributed by atoms with E-state index in [2.05, 4.69) is 5.10 Å². The molecule has 232 valence electrons. The number of benzene rings is 2. The van der Waals surface area contributed by atoms with Gasteiger partial charge in [-0.1, -0.05) is 23.7 Å². The first-order valence-corrected chi connectivity index (χ1v) is 14.7. The van der Waals surface area contributed by atoms with Crippen molar-refractivity contribution in [2.75, 3.05) is 13.1 Å². The Kier molecular flexibility index (Phi) is 7.56. The lowest BCUT2D eigenvalue weighted by Gasteiger charge is -2.33. The van der Waals surface area contributed by atoms with Crippen LogP contribution < -0.4 is 0 Å². The minimum atomic E-state index is -4.63. The van der Waals surface area contributed by atoms with Crippen molar-refractivity contribution < 1.29 is 42.2 Å². The van der Waals surface area contributed by atoms with Crippen LogP contribution in [-0.4, -0.2) is 68.0 Å². The standard InChI is InChI=1S/C31H28ClF4N3O5/c32-22-3-1-2-21(30(10-11-30)31(34,35)36)25(22)28(42)39-24-15-16(27(41)38-12-8-18(40)9-13-38)4-7-20(24)26(37-39)19-6-5-17(29(43)44)14-23(19)33/h1-3,5-6,14,16,18,40H,4,7-13,15H2,(H,43,44). The summed E-state index contributed by atoms with van der Waals surface area (Å²) in [6, 6.07) is 7.17. The summed E-state index contributed by atoms with van der Waals surface area (Å²) in [5.74, 6) is -3.92. The molecule has 6 rings (SSSR count). The zero-order valence-electron chi connectivity index (χ0n) is 23.3. The molecule has 2 N–H and O–H groups in total. The zero-order chi connectivity index (χ0) is 31.6. The van der Waals surface area contributed by atoms with E-state index < -0.39 is 41.3 Å². The van der Waals surface area contributed by atoms with Crippen molar-refractivity contribution in [3.05, 3.63) is 75.2 Å². The molecular formula is C31H28ClF4N3O5. The molecule has 44 heavy (non-hydrogen) atoms. The Balaban J connectivity index is 1.46. The number of halogens is 5. The molecule has 13 heteroatoms. The Morgan fingerprint density at radius 3 is 2.36 bits per heavy atom. The fraction of sp³-hybridized carbons (Fsp3) is 0.419. The number of hydrogen-bond donors (Lipinski definition) is 2. The van der Waals surface area contributed by atoms with Gasteiger partial charge >= 0.3 is 12.1 Å². The number of alkyl halides is 3. The number of rotatable bonds is 5. The van der Waals surface area contributed by atoms with Gasteiger partial charge in [0.1, 0.15) is 5.82 Å². The number of aromatic carboxylic acids is 1. The number of aromatic nitrogens is 2. The summed E-state index contributed by atoms with van der Waals surface area (Å²) in [7, 11) is 0. The van der Waals surface area contributed by atoms with Gasteiger partial charge < -0.3 is 15.1 Å². The summed E-state index contributed by atoms with van der Waals surface area (Å²) in [4.78, 5) is 40.7. The minimum Gasteiger partial charge on any atom is -0.478 e. The molecule has 2 aliphatic carbocycles. The number of aliphatic hydroxyl groups is 1. The molecule has 3 aliphatic rings. The van der Waals surface area contributed by atoms with Gasteiger partial charge in [-0.25, -0.2) is 9.18 Å². The van der Waals surface area contributed by atoms with Crippen LogP contribution in [0.15, 0.2) is 36.4 Å². The van der Waals surface area contributed by atoms with Gasteiger partial charge in [-0.05, 0) is 68.4 Å². The van der Waals surface area contributed by atoms with Crippen molar-refractivity contribution >= 4 is 29.4 Å². The van der Waals surface area contributed by atoms with Crippen LogP contribution in [0.2, 0.25) is 5.02 Å². The maximum Gasteiger partial charge on any atom is 0.398 e. The van der Waals surface area contributed by atoms with Gasteiger partial charge in [0.05, 0.1) is 39.1 Å². The second-order valence-electron chi connectivity index (χ2n) is 11.7. The fourth-order valence-corrected chi connectivity index (χ4v) is 6.72. The molecule has 1 amide bonds. The Morgan fingerprint density at radius 2 is 1.75 bits per heavy atom. The summed E-state index contributed by atoms with van der Waals surface area (Å²) in [5, 5.41) is 23.4. The largest absolute Gasteiger partial charge is 0.478 e. The first-order valence-electron chi connectivity index (χ1n) is 14.3. The van der Waals surface area contributed by atoms with Gasteiger partial charge in [-0.15, -0.1) is 0 Å². The molecule has 8 nitrogen and oxygen atoms in total. The highest BCUT2D eigenvalue weighted by Crippen LogP contribution is 2.60. The minimum absolute atomic E-state index is 0.0188. The fourth-order valence-electron chi connectivity index (χ4n) is 6.47. The van der Waals surface area contributed by atoms with Gasteiger partial charge in [-0.3, -0.25) is 9.59 Å². The SMILES string of the molecule is O=C(O)c1ccc(-c2nn(C(=O)c3c(Cl)cccc3C3(C(F)(F)F)CC3)c3c2CCC(C(=O)N2CCC(O)CC2)C3)c(F)c1. The number of carboxylic acids is 1. The van der Waals surface area contributed by atoms with E-state index in [-0.39, 0.29) is 70.3 Å². The van der Waals surface area contributed by atoms with Crippen LogP contribution in [0.25, 0.3) is 11.3 Å². The quantitative estimate of drug-likeness (QED) is 0.364. The van der Waals surface area contributed by atoms with Crippen molar-refractivity contribution in [2.24, 2.45) is 5.92 Å². The maximum atomic E-state index is 15.3. The number of carboxylic acid groups (broad SMARTS) is 1. The predicted molar refractivity (Wildman–Crippen MR) is 150 cm³/mol. The van der Waals surface area contributed by atoms with Gasteiger partial charge in [0.15, 0.2) is 0 Å². The lowest BCUT2D eigenvalue weighted by atomic mass is 9.84.